The molecule has 0 bridgehead atoms. The lowest BCUT2D eigenvalue weighted by atomic mass is 10.1. The van der Waals surface area contributed by atoms with Gasteiger partial charge in [0.2, 0.25) is 0 Å². The molecule has 1 saturated heterocycles. The molecular weight excluding hydrogens is 302 g/mol. The van der Waals surface area contributed by atoms with E-state index in [1.165, 1.54) is 5.56 Å². The second-order valence-corrected chi connectivity index (χ2v) is 6.05. The molecule has 24 heavy (non-hydrogen) atoms. The lowest BCUT2D eigenvalue weighted by Crippen LogP contribution is -2.13. The molecule has 1 N–H and O–H groups in total. The third-order valence-corrected chi connectivity index (χ3v) is 4.08. The third-order valence-electron chi connectivity index (χ3n) is 4.08. The molecule has 0 radical (unpaired) electrons. The van der Waals surface area contributed by atoms with Crippen molar-refractivity contribution in [2.24, 2.45) is 5.92 Å². The van der Waals surface area contributed by atoms with Crippen molar-refractivity contribution < 1.29 is 9.47 Å². The summed E-state index contributed by atoms with van der Waals surface area (Å²) in [6.07, 6.45) is 2.74. The zero-order valence-corrected chi connectivity index (χ0v) is 13.8. The van der Waals surface area contributed by atoms with Crippen LogP contribution in [0.1, 0.15) is 23.2 Å². The monoisotopic (exact) mass is 323 g/mol. The quantitative estimate of drug-likeness (QED) is 0.883. The van der Waals surface area contributed by atoms with Crippen LogP contribution < -0.4 is 10.1 Å². The van der Waals surface area contributed by atoms with Crippen LogP contribution in [0.5, 0.6) is 5.75 Å². The van der Waals surface area contributed by atoms with Gasteiger partial charge < -0.3 is 14.8 Å². The molecule has 3 rings (SSSR count). The van der Waals surface area contributed by atoms with Gasteiger partial charge in [0.1, 0.15) is 17.5 Å². The summed E-state index contributed by atoms with van der Waals surface area (Å²) in [7, 11) is 0. The fourth-order valence-electron chi connectivity index (χ4n) is 2.63. The number of aryl methyl sites for hydroxylation is 1. The van der Waals surface area contributed by atoms with E-state index >= 15 is 0 Å². The Labute approximate surface area is 142 Å². The molecule has 1 aliphatic heterocycles. The van der Waals surface area contributed by atoms with Crippen LogP contribution in [-0.2, 0) is 11.3 Å². The number of ether oxygens (including phenoxy) is 2. The number of nitriles is 1. The number of nitrogens with one attached hydrogen (secondary N) is 1. The van der Waals surface area contributed by atoms with E-state index in [0.717, 1.165) is 36.6 Å². The lowest BCUT2D eigenvalue weighted by molar-refractivity contribution is 0.167. The molecule has 2 heterocycles. The maximum absolute atomic E-state index is 8.79. The predicted octanol–water partition coefficient (Wildman–Crippen LogP) is 3.29. The van der Waals surface area contributed by atoms with Crippen LogP contribution in [-0.4, -0.2) is 24.8 Å². The molecule has 1 atom stereocenters. The number of pyridine rings is 1. The summed E-state index contributed by atoms with van der Waals surface area (Å²) in [6, 6.07) is 11.8. The van der Waals surface area contributed by atoms with Crippen LogP contribution in [0.3, 0.4) is 0 Å². The second kappa shape index (κ2) is 7.80. The van der Waals surface area contributed by atoms with Gasteiger partial charge in [-0.25, -0.2) is 4.98 Å². The summed E-state index contributed by atoms with van der Waals surface area (Å²) in [4.78, 5) is 4.07. The summed E-state index contributed by atoms with van der Waals surface area (Å²) >= 11 is 0. The number of nitrogens with zero attached hydrogens (tertiary/aromatic N) is 2. The molecule has 2 aromatic rings. The highest BCUT2D eigenvalue weighted by Crippen LogP contribution is 2.23. The van der Waals surface area contributed by atoms with Crippen LogP contribution in [0.2, 0.25) is 0 Å². The Morgan fingerprint density at radius 1 is 1.38 bits per heavy atom. The van der Waals surface area contributed by atoms with E-state index in [1.54, 1.807) is 12.3 Å². The molecule has 1 aromatic carbocycles. The first-order valence-corrected chi connectivity index (χ1v) is 8.14. The number of hydrogen-bond acceptors (Lipinski definition) is 5. The Morgan fingerprint density at radius 3 is 3.00 bits per heavy atom. The van der Waals surface area contributed by atoms with Gasteiger partial charge in [-0.05, 0) is 37.1 Å². The molecule has 1 aromatic heterocycles. The van der Waals surface area contributed by atoms with Gasteiger partial charge in [-0.2, -0.15) is 5.26 Å². The van der Waals surface area contributed by atoms with E-state index in [4.69, 9.17) is 14.7 Å². The van der Waals surface area contributed by atoms with Gasteiger partial charge in [0.15, 0.2) is 0 Å². The Morgan fingerprint density at radius 2 is 2.29 bits per heavy atom. The van der Waals surface area contributed by atoms with Crippen molar-refractivity contribution in [3.8, 4) is 11.8 Å². The van der Waals surface area contributed by atoms with E-state index in [9.17, 15) is 0 Å². The normalized spacial score (nSPS) is 16.6. The van der Waals surface area contributed by atoms with Crippen molar-refractivity contribution in [1.29, 1.82) is 5.26 Å². The summed E-state index contributed by atoms with van der Waals surface area (Å²) in [5, 5.41) is 12.1. The number of hydrogen-bond donors (Lipinski definition) is 1. The van der Waals surface area contributed by atoms with Gasteiger partial charge in [-0.15, -0.1) is 0 Å². The highest BCUT2D eigenvalue weighted by Gasteiger charge is 2.17. The second-order valence-electron chi connectivity index (χ2n) is 6.05. The number of anilines is 1. The van der Waals surface area contributed by atoms with Crippen LogP contribution in [0.25, 0.3) is 0 Å². The van der Waals surface area contributed by atoms with Gasteiger partial charge in [0.25, 0.3) is 0 Å². The predicted molar refractivity (Wildman–Crippen MR) is 91.9 cm³/mol. The van der Waals surface area contributed by atoms with E-state index in [-0.39, 0.29) is 0 Å². The summed E-state index contributed by atoms with van der Waals surface area (Å²) in [5.41, 5.74) is 3.57. The highest BCUT2D eigenvalue weighted by molar-refractivity contribution is 5.45. The molecule has 124 valence electrons. The average Bonchev–Trinajstić information content (AvgIpc) is 3.13. The van der Waals surface area contributed by atoms with E-state index in [0.29, 0.717) is 24.8 Å². The van der Waals surface area contributed by atoms with Gasteiger partial charge in [0, 0.05) is 24.6 Å². The SMILES string of the molecule is Cc1ccc(CNc2ccc(C#N)nc2)c(OC[C@@H]2CCOC2)c1. The molecule has 5 nitrogen and oxygen atoms in total. The minimum atomic E-state index is 0.415. The molecule has 0 spiro atoms. The van der Waals surface area contributed by atoms with Crippen molar-refractivity contribution in [3.05, 3.63) is 53.3 Å². The first kappa shape index (κ1) is 16.3. The van der Waals surface area contributed by atoms with Crippen molar-refractivity contribution in [3.63, 3.8) is 0 Å². The fourth-order valence-corrected chi connectivity index (χ4v) is 2.63. The van der Waals surface area contributed by atoms with Crippen LogP contribution in [0.15, 0.2) is 36.5 Å². The zero-order valence-electron chi connectivity index (χ0n) is 13.8. The summed E-state index contributed by atoms with van der Waals surface area (Å²) < 4.78 is 11.4. The van der Waals surface area contributed by atoms with Crippen molar-refractivity contribution in [2.45, 2.75) is 19.9 Å². The number of benzene rings is 1. The fraction of sp³-hybridized carbons (Fsp3) is 0.368. The Bertz CT molecular complexity index is 716. The largest absolute Gasteiger partial charge is 0.493 e. The first-order valence-electron chi connectivity index (χ1n) is 8.14. The minimum Gasteiger partial charge on any atom is -0.493 e. The Kier molecular flexibility index (Phi) is 5.29. The molecule has 0 unspecified atom stereocenters. The summed E-state index contributed by atoms with van der Waals surface area (Å²) in [6.45, 7) is 5.02. The molecule has 0 saturated carbocycles. The highest BCUT2D eigenvalue weighted by atomic mass is 16.5. The smallest absolute Gasteiger partial charge is 0.140 e. The third kappa shape index (κ3) is 4.24. The van der Waals surface area contributed by atoms with Crippen LogP contribution in [0, 0.1) is 24.2 Å². The molecule has 1 aliphatic rings. The minimum absolute atomic E-state index is 0.415. The topological polar surface area (TPSA) is 67.2 Å². The first-order chi connectivity index (χ1) is 11.7. The number of aromatic nitrogens is 1. The van der Waals surface area contributed by atoms with Gasteiger partial charge in [-0.1, -0.05) is 12.1 Å². The molecule has 5 heteroatoms. The van der Waals surface area contributed by atoms with Crippen molar-refractivity contribution in [2.75, 3.05) is 25.1 Å². The Balaban J connectivity index is 1.64. The molecule has 0 aliphatic carbocycles. The molecular formula is C19H21N3O2. The van der Waals surface area contributed by atoms with Crippen molar-refractivity contribution >= 4 is 5.69 Å². The Hall–Kier alpha value is -2.58. The van der Waals surface area contributed by atoms with E-state index < -0.39 is 0 Å². The zero-order chi connectivity index (χ0) is 16.8. The average molecular weight is 323 g/mol. The van der Waals surface area contributed by atoms with Gasteiger partial charge in [0.05, 0.1) is 25.1 Å². The van der Waals surface area contributed by atoms with Crippen LogP contribution in [0.4, 0.5) is 5.69 Å². The number of rotatable bonds is 6. The molecule has 0 amide bonds. The van der Waals surface area contributed by atoms with Gasteiger partial charge in [-0.3, -0.25) is 0 Å². The van der Waals surface area contributed by atoms with E-state index in [1.807, 2.05) is 12.1 Å². The van der Waals surface area contributed by atoms with E-state index in [2.05, 4.69) is 35.4 Å². The summed E-state index contributed by atoms with van der Waals surface area (Å²) in [5.74, 6) is 1.39. The maximum atomic E-state index is 8.79. The van der Waals surface area contributed by atoms with Crippen LogP contribution >= 0.6 is 0 Å². The van der Waals surface area contributed by atoms with Gasteiger partial charge >= 0.3 is 0 Å². The maximum Gasteiger partial charge on any atom is 0.140 e. The lowest BCUT2D eigenvalue weighted by Gasteiger charge is -2.15. The molecule has 1 fully saturated rings. The standard InChI is InChI=1S/C19H21N3O2/c1-14-2-3-16(10-21-18-5-4-17(9-20)22-11-18)19(8-14)24-13-15-6-7-23-12-15/h2-5,8,11,15,21H,6-7,10,12-13H2,1H3/t15-/m1/s1. The van der Waals surface area contributed by atoms with Crippen molar-refractivity contribution in [1.82, 2.24) is 4.98 Å².